The van der Waals surface area contributed by atoms with Crippen molar-refractivity contribution < 1.29 is 0 Å². The van der Waals surface area contributed by atoms with Crippen molar-refractivity contribution in [3.8, 4) is 11.3 Å². The summed E-state index contributed by atoms with van der Waals surface area (Å²) in [4.78, 5) is 4.58. The highest BCUT2D eigenvalue weighted by molar-refractivity contribution is 7.14. The number of anilines is 1. The summed E-state index contributed by atoms with van der Waals surface area (Å²) >= 11 is 1.60. The van der Waals surface area contributed by atoms with Crippen LogP contribution in [0.5, 0.6) is 0 Å². The highest BCUT2D eigenvalue weighted by atomic mass is 32.1. The van der Waals surface area contributed by atoms with Gasteiger partial charge in [0.15, 0.2) is 0 Å². The molecule has 1 unspecified atom stereocenters. The summed E-state index contributed by atoms with van der Waals surface area (Å²) in [6, 6.07) is 10.2. The fourth-order valence-corrected chi connectivity index (χ4v) is 3.22. The topological polar surface area (TPSA) is 37.3 Å². The Labute approximate surface area is 123 Å². The monoisotopic (exact) mass is 285 g/mol. The summed E-state index contributed by atoms with van der Waals surface area (Å²) in [7, 11) is 0. The van der Waals surface area contributed by atoms with Crippen LogP contribution in [0.3, 0.4) is 0 Å². The Morgan fingerprint density at radius 3 is 2.95 bits per heavy atom. The van der Waals surface area contributed by atoms with E-state index in [0.717, 1.165) is 35.1 Å². The standard InChI is InChI=1S/C16H19N3S/c1-12-6-5-9-14(10-12)18-19-16-17-15(11-20-16)13-7-3-2-4-8-13/h2-4,7-8,11-12H,5-6,9-10H2,1H3,(H,17,19)/b18-14+. The van der Waals surface area contributed by atoms with Crippen LogP contribution in [0.2, 0.25) is 0 Å². The first kappa shape index (κ1) is 13.3. The predicted molar refractivity (Wildman–Crippen MR) is 86.2 cm³/mol. The molecule has 1 aliphatic rings. The molecule has 1 N–H and O–H groups in total. The van der Waals surface area contributed by atoms with Crippen molar-refractivity contribution in [3.63, 3.8) is 0 Å². The molecule has 1 atom stereocenters. The second kappa shape index (κ2) is 6.18. The molecule has 0 radical (unpaired) electrons. The lowest BCUT2D eigenvalue weighted by Crippen LogP contribution is -2.13. The number of hydrogen-bond donors (Lipinski definition) is 1. The first-order chi connectivity index (χ1) is 9.81. The Kier molecular flexibility index (Phi) is 4.11. The van der Waals surface area contributed by atoms with E-state index in [0.29, 0.717) is 0 Å². The van der Waals surface area contributed by atoms with Gasteiger partial charge in [0.05, 0.1) is 5.69 Å². The second-order valence-electron chi connectivity index (χ2n) is 5.40. The maximum atomic E-state index is 4.58. The molecule has 1 aromatic carbocycles. The summed E-state index contributed by atoms with van der Waals surface area (Å²) in [6.07, 6.45) is 4.82. The number of thiazole rings is 1. The van der Waals surface area contributed by atoms with Crippen LogP contribution < -0.4 is 5.43 Å². The molecule has 3 rings (SSSR count). The van der Waals surface area contributed by atoms with Gasteiger partial charge in [-0.25, -0.2) is 4.98 Å². The Morgan fingerprint density at radius 2 is 2.15 bits per heavy atom. The van der Waals surface area contributed by atoms with Gasteiger partial charge in [-0.3, -0.25) is 5.43 Å². The number of hydrogen-bond acceptors (Lipinski definition) is 4. The lowest BCUT2D eigenvalue weighted by atomic mass is 9.89. The quantitative estimate of drug-likeness (QED) is 0.823. The van der Waals surface area contributed by atoms with Crippen LogP contribution in [0.15, 0.2) is 40.8 Å². The van der Waals surface area contributed by atoms with Gasteiger partial charge in [-0.05, 0) is 31.6 Å². The van der Waals surface area contributed by atoms with Crippen molar-refractivity contribution in [1.82, 2.24) is 4.98 Å². The largest absolute Gasteiger partial charge is 0.253 e. The minimum Gasteiger partial charge on any atom is -0.253 e. The molecule has 0 amide bonds. The maximum absolute atomic E-state index is 4.58. The van der Waals surface area contributed by atoms with Crippen molar-refractivity contribution in [1.29, 1.82) is 0 Å². The van der Waals surface area contributed by atoms with Gasteiger partial charge in [0, 0.05) is 16.7 Å². The number of hydrazone groups is 1. The Balaban J connectivity index is 1.67. The van der Waals surface area contributed by atoms with Gasteiger partial charge in [0.25, 0.3) is 0 Å². The van der Waals surface area contributed by atoms with Gasteiger partial charge in [0.2, 0.25) is 5.13 Å². The molecule has 20 heavy (non-hydrogen) atoms. The van der Waals surface area contributed by atoms with Crippen LogP contribution in [0.4, 0.5) is 5.13 Å². The highest BCUT2D eigenvalue weighted by Crippen LogP contribution is 2.25. The number of aromatic nitrogens is 1. The number of nitrogens with zero attached hydrogens (tertiary/aromatic N) is 2. The highest BCUT2D eigenvalue weighted by Gasteiger charge is 2.14. The molecule has 0 spiro atoms. The minimum atomic E-state index is 0.764. The Hall–Kier alpha value is -1.68. The third-order valence-corrected chi connectivity index (χ3v) is 4.38. The van der Waals surface area contributed by atoms with E-state index in [1.807, 2.05) is 18.2 Å². The predicted octanol–water partition coefficient (Wildman–Crippen LogP) is 4.79. The zero-order valence-electron chi connectivity index (χ0n) is 11.7. The Bertz CT molecular complexity index is 589. The molecular formula is C16H19N3S. The van der Waals surface area contributed by atoms with Crippen LogP contribution in [0.1, 0.15) is 32.6 Å². The van der Waals surface area contributed by atoms with Crippen molar-refractivity contribution >= 4 is 22.2 Å². The van der Waals surface area contributed by atoms with Gasteiger partial charge in [-0.15, -0.1) is 11.3 Å². The van der Waals surface area contributed by atoms with E-state index in [1.165, 1.54) is 18.6 Å². The summed E-state index contributed by atoms with van der Waals surface area (Å²) in [5.41, 5.74) is 6.56. The fourth-order valence-electron chi connectivity index (χ4n) is 2.56. The lowest BCUT2D eigenvalue weighted by Gasteiger charge is -2.18. The van der Waals surface area contributed by atoms with Gasteiger partial charge >= 0.3 is 0 Å². The van der Waals surface area contributed by atoms with Crippen LogP contribution in [0.25, 0.3) is 11.3 Å². The first-order valence-corrected chi connectivity index (χ1v) is 8.01. The molecule has 1 aliphatic carbocycles. The van der Waals surface area contributed by atoms with Crippen LogP contribution >= 0.6 is 11.3 Å². The van der Waals surface area contributed by atoms with Crippen LogP contribution in [-0.2, 0) is 0 Å². The third-order valence-electron chi connectivity index (χ3n) is 3.63. The number of benzene rings is 1. The smallest absolute Gasteiger partial charge is 0.203 e. The van der Waals surface area contributed by atoms with Gasteiger partial charge in [-0.1, -0.05) is 37.3 Å². The molecule has 3 nitrogen and oxygen atoms in total. The van der Waals surface area contributed by atoms with E-state index in [1.54, 1.807) is 11.3 Å². The third kappa shape index (κ3) is 3.25. The molecule has 0 saturated heterocycles. The molecule has 1 fully saturated rings. The molecule has 4 heteroatoms. The molecule has 1 aromatic heterocycles. The molecule has 1 heterocycles. The Morgan fingerprint density at radius 1 is 1.30 bits per heavy atom. The zero-order chi connectivity index (χ0) is 13.8. The van der Waals surface area contributed by atoms with Gasteiger partial charge < -0.3 is 0 Å². The first-order valence-electron chi connectivity index (χ1n) is 7.13. The number of rotatable bonds is 3. The van der Waals surface area contributed by atoms with E-state index in [4.69, 9.17) is 0 Å². The van der Waals surface area contributed by atoms with E-state index < -0.39 is 0 Å². The lowest BCUT2D eigenvalue weighted by molar-refractivity contribution is 0.500. The average molecular weight is 285 g/mol. The molecule has 2 aromatic rings. The summed E-state index contributed by atoms with van der Waals surface area (Å²) in [6.45, 7) is 2.30. The van der Waals surface area contributed by atoms with Crippen molar-refractivity contribution in [3.05, 3.63) is 35.7 Å². The molecule has 0 aliphatic heterocycles. The summed E-state index contributed by atoms with van der Waals surface area (Å²) < 4.78 is 0. The van der Waals surface area contributed by atoms with E-state index >= 15 is 0 Å². The van der Waals surface area contributed by atoms with E-state index in [9.17, 15) is 0 Å². The summed E-state index contributed by atoms with van der Waals surface area (Å²) in [5, 5.41) is 7.47. The second-order valence-corrected chi connectivity index (χ2v) is 6.25. The van der Waals surface area contributed by atoms with Crippen LogP contribution in [0, 0.1) is 5.92 Å². The zero-order valence-corrected chi connectivity index (χ0v) is 12.5. The van der Waals surface area contributed by atoms with Crippen molar-refractivity contribution in [2.45, 2.75) is 32.6 Å². The normalized spacial score (nSPS) is 21.1. The molecule has 0 bridgehead atoms. The van der Waals surface area contributed by atoms with E-state index in [-0.39, 0.29) is 0 Å². The molecule has 104 valence electrons. The minimum absolute atomic E-state index is 0.764. The fraction of sp³-hybridized carbons (Fsp3) is 0.375. The van der Waals surface area contributed by atoms with E-state index in [2.05, 4.69) is 39.9 Å². The molecular weight excluding hydrogens is 266 g/mol. The van der Waals surface area contributed by atoms with Crippen molar-refractivity contribution in [2.75, 3.05) is 5.43 Å². The average Bonchev–Trinajstić information content (AvgIpc) is 2.95. The number of nitrogens with one attached hydrogen (secondary N) is 1. The van der Waals surface area contributed by atoms with Gasteiger partial charge in [0.1, 0.15) is 0 Å². The summed E-state index contributed by atoms with van der Waals surface area (Å²) in [5.74, 6) is 0.764. The van der Waals surface area contributed by atoms with Crippen LogP contribution in [-0.4, -0.2) is 10.7 Å². The molecule has 1 saturated carbocycles. The van der Waals surface area contributed by atoms with Crippen molar-refractivity contribution in [2.24, 2.45) is 11.0 Å². The SMILES string of the molecule is CC1CCC/C(=N\Nc2nc(-c3ccccc3)cs2)C1. The van der Waals surface area contributed by atoms with Gasteiger partial charge in [-0.2, -0.15) is 5.10 Å². The maximum Gasteiger partial charge on any atom is 0.203 e.